The van der Waals surface area contributed by atoms with E-state index in [0.717, 1.165) is 12.8 Å². The van der Waals surface area contributed by atoms with E-state index in [0.29, 0.717) is 0 Å². The topological polar surface area (TPSA) is 84.2 Å². The highest BCUT2D eigenvalue weighted by Crippen LogP contribution is 2.17. The number of carbonyl (C=O) groups excluding carboxylic acids is 2. The first-order valence-corrected chi connectivity index (χ1v) is 4.96. The molecule has 1 aliphatic carbocycles. The number of carbonyl (C=O) groups is 2. The normalized spacial score (nSPS) is 18.9. The van der Waals surface area contributed by atoms with Crippen molar-refractivity contribution in [2.24, 2.45) is 5.73 Å². The van der Waals surface area contributed by atoms with Crippen LogP contribution in [0.25, 0.3) is 0 Å². The van der Waals surface area contributed by atoms with E-state index in [1.54, 1.807) is 6.92 Å². The standard InChI is InChI=1S/C9H17N3O2/c1-6(11-9(10)14)8(13)12-7-4-2-3-5-7/h6-7H,2-5H2,1H3,(H,12,13)(H3,10,11,14)/t6-/m0/s1. The van der Waals surface area contributed by atoms with Crippen molar-refractivity contribution in [2.75, 3.05) is 0 Å². The summed E-state index contributed by atoms with van der Waals surface area (Å²) in [6.45, 7) is 1.62. The molecule has 1 fully saturated rings. The van der Waals surface area contributed by atoms with Gasteiger partial charge in [-0.25, -0.2) is 4.79 Å². The lowest BCUT2D eigenvalue weighted by Gasteiger charge is -2.16. The average Bonchev–Trinajstić information content (AvgIpc) is 2.55. The quantitative estimate of drug-likeness (QED) is 0.602. The Morgan fingerprint density at radius 2 is 1.93 bits per heavy atom. The monoisotopic (exact) mass is 199 g/mol. The number of nitrogens with one attached hydrogen (secondary N) is 2. The van der Waals surface area contributed by atoms with E-state index in [2.05, 4.69) is 10.6 Å². The van der Waals surface area contributed by atoms with Crippen molar-refractivity contribution < 1.29 is 9.59 Å². The second-order valence-electron chi connectivity index (χ2n) is 3.72. The maximum Gasteiger partial charge on any atom is 0.312 e. The van der Waals surface area contributed by atoms with E-state index in [9.17, 15) is 9.59 Å². The van der Waals surface area contributed by atoms with Gasteiger partial charge in [0, 0.05) is 6.04 Å². The zero-order valence-corrected chi connectivity index (χ0v) is 8.38. The van der Waals surface area contributed by atoms with Gasteiger partial charge in [0.1, 0.15) is 6.04 Å². The van der Waals surface area contributed by atoms with Crippen LogP contribution < -0.4 is 16.4 Å². The Kier molecular flexibility index (Phi) is 3.73. The maximum absolute atomic E-state index is 11.5. The fraction of sp³-hybridized carbons (Fsp3) is 0.778. The van der Waals surface area contributed by atoms with E-state index in [1.807, 2.05) is 0 Å². The predicted molar refractivity (Wildman–Crippen MR) is 52.6 cm³/mol. The van der Waals surface area contributed by atoms with Crippen LogP contribution in [-0.2, 0) is 4.79 Å². The zero-order chi connectivity index (χ0) is 10.6. The summed E-state index contributed by atoms with van der Waals surface area (Å²) in [5.74, 6) is -0.157. The van der Waals surface area contributed by atoms with Crippen molar-refractivity contribution in [1.29, 1.82) is 0 Å². The second kappa shape index (κ2) is 4.83. The first-order chi connectivity index (χ1) is 6.59. The van der Waals surface area contributed by atoms with Gasteiger partial charge in [-0.15, -0.1) is 0 Å². The van der Waals surface area contributed by atoms with Crippen molar-refractivity contribution in [2.45, 2.75) is 44.7 Å². The van der Waals surface area contributed by atoms with Gasteiger partial charge >= 0.3 is 6.03 Å². The van der Waals surface area contributed by atoms with E-state index >= 15 is 0 Å². The highest BCUT2D eigenvalue weighted by Gasteiger charge is 2.20. The highest BCUT2D eigenvalue weighted by molar-refractivity contribution is 5.86. The molecule has 0 spiro atoms. The molecule has 5 nitrogen and oxygen atoms in total. The largest absolute Gasteiger partial charge is 0.352 e. The lowest BCUT2D eigenvalue weighted by Crippen LogP contribution is -2.48. The molecule has 1 rings (SSSR count). The molecule has 0 bridgehead atoms. The lowest BCUT2D eigenvalue weighted by atomic mass is 10.2. The fourth-order valence-electron chi connectivity index (χ4n) is 1.68. The van der Waals surface area contributed by atoms with Gasteiger partial charge in [0.15, 0.2) is 0 Å². The smallest absolute Gasteiger partial charge is 0.312 e. The molecule has 0 aromatic rings. The van der Waals surface area contributed by atoms with Gasteiger partial charge in [0.2, 0.25) is 5.91 Å². The molecule has 5 heteroatoms. The summed E-state index contributed by atoms with van der Waals surface area (Å²) >= 11 is 0. The molecule has 0 saturated heterocycles. The molecule has 0 heterocycles. The minimum absolute atomic E-state index is 0.157. The highest BCUT2D eigenvalue weighted by atomic mass is 16.2. The van der Waals surface area contributed by atoms with Crippen LogP contribution in [0.15, 0.2) is 0 Å². The molecule has 14 heavy (non-hydrogen) atoms. The van der Waals surface area contributed by atoms with Crippen LogP contribution in [0.2, 0.25) is 0 Å². The average molecular weight is 199 g/mol. The van der Waals surface area contributed by atoms with Gasteiger partial charge < -0.3 is 16.4 Å². The first kappa shape index (κ1) is 10.8. The summed E-state index contributed by atoms with van der Waals surface area (Å²) in [6.07, 6.45) is 4.41. The van der Waals surface area contributed by atoms with Crippen LogP contribution >= 0.6 is 0 Å². The Hall–Kier alpha value is -1.26. The molecule has 0 aromatic carbocycles. The van der Waals surface area contributed by atoms with Gasteiger partial charge in [-0.05, 0) is 19.8 Å². The van der Waals surface area contributed by atoms with E-state index < -0.39 is 12.1 Å². The van der Waals surface area contributed by atoms with Crippen LogP contribution in [0.4, 0.5) is 4.79 Å². The predicted octanol–water partition coefficient (Wildman–Crippen LogP) is 0.102. The molecular weight excluding hydrogens is 182 g/mol. The minimum atomic E-state index is -0.668. The van der Waals surface area contributed by atoms with Crippen LogP contribution in [-0.4, -0.2) is 24.0 Å². The van der Waals surface area contributed by atoms with Crippen molar-refractivity contribution in [1.82, 2.24) is 10.6 Å². The summed E-state index contributed by atoms with van der Waals surface area (Å²) in [7, 11) is 0. The van der Waals surface area contributed by atoms with Crippen molar-refractivity contribution in [3.8, 4) is 0 Å². The number of nitrogens with two attached hydrogens (primary N) is 1. The van der Waals surface area contributed by atoms with Gasteiger partial charge in [-0.3, -0.25) is 4.79 Å². The summed E-state index contributed by atoms with van der Waals surface area (Å²) in [5, 5.41) is 5.22. The Morgan fingerprint density at radius 3 is 2.43 bits per heavy atom. The van der Waals surface area contributed by atoms with Gasteiger partial charge in [0.05, 0.1) is 0 Å². The Morgan fingerprint density at radius 1 is 1.36 bits per heavy atom. The van der Waals surface area contributed by atoms with Crippen LogP contribution in [0.3, 0.4) is 0 Å². The maximum atomic E-state index is 11.5. The van der Waals surface area contributed by atoms with E-state index in [-0.39, 0.29) is 11.9 Å². The molecule has 80 valence electrons. The second-order valence-corrected chi connectivity index (χ2v) is 3.72. The molecule has 0 radical (unpaired) electrons. The summed E-state index contributed by atoms with van der Waals surface area (Å²) in [5.41, 5.74) is 4.91. The van der Waals surface area contributed by atoms with Gasteiger partial charge in [-0.2, -0.15) is 0 Å². The summed E-state index contributed by atoms with van der Waals surface area (Å²) < 4.78 is 0. The molecule has 1 aliphatic rings. The van der Waals surface area contributed by atoms with E-state index in [4.69, 9.17) is 5.73 Å². The van der Waals surface area contributed by atoms with Crippen molar-refractivity contribution in [3.05, 3.63) is 0 Å². The number of rotatable bonds is 3. The van der Waals surface area contributed by atoms with Gasteiger partial charge in [0.25, 0.3) is 0 Å². The van der Waals surface area contributed by atoms with Gasteiger partial charge in [-0.1, -0.05) is 12.8 Å². The number of hydrogen-bond donors (Lipinski definition) is 3. The molecule has 3 amide bonds. The summed E-state index contributed by atoms with van der Waals surface area (Å²) in [6, 6.07) is -0.938. The third-order valence-corrected chi connectivity index (χ3v) is 2.45. The molecular formula is C9H17N3O2. The third-order valence-electron chi connectivity index (χ3n) is 2.45. The Bertz CT molecular complexity index is 224. The van der Waals surface area contributed by atoms with Crippen molar-refractivity contribution >= 4 is 11.9 Å². The van der Waals surface area contributed by atoms with Crippen LogP contribution in [0.5, 0.6) is 0 Å². The molecule has 4 N–H and O–H groups in total. The number of urea groups is 1. The summed E-state index contributed by atoms with van der Waals surface area (Å²) in [4.78, 5) is 21.9. The number of hydrogen-bond acceptors (Lipinski definition) is 2. The number of primary amides is 1. The molecule has 0 aliphatic heterocycles. The lowest BCUT2D eigenvalue weighted by molar-refractivity contribution is -0.123. The zero-order valence-electron chi connectivity index (χ0n) is 8.38. The van der Waals surface area contributed by atoms with Crippen LogP contribution in [0, 0.1) is 0 Å². The molecule has 0 unspecified atom stereocenters. The van der Waals surface area contributed by atoms with Crippen molar-refractivity contribution in [3.63, 3.8) is 0 Å². The van der Waals surface area contributed by atoms with E-state index in [1.165, 1.54) is 12.8 Å². The minimum Gasteiger partial charge on any atom is -0.352 e. The SMILES string of the molecule is C[C@H](NC(N)=O)C(=O)NC1CCCC1. The molecule has 1 atom stereocenters. The fourth-order valence-corrected chi connectivity index (χ4v) is 1.68. The molecule has 1 saturated carbocycles. The first-order valence-electron chi connectivity index (χ1n) is 4.96. The third kappa shape index (κ3) is 3.24. The van der Waals surface area contributed by atoms with Crippen LogP contribution in [0.1, 0.15) is 32.6 Å². The Balaban J connectivity index is 2.29. The Labute approximate surface area is 83.4 Å². The molecule has 0 aromatic heterocycles. The number of amides is 3.